The lowest BCUT2D eigenvalue weighted by Crippen LogP contribution is -1.99. The molecule has 1 N–H and O–H groups in total. The number of terminal acetylenes is 1. The van der Waals surface area contributed by atoms with Crippen LogP contribution < -0.4 is 10.1 Å². The first-order chi connectivity index (χ1) is 13.7. The molecule has 1 heterocycles. The fourth-order valence-corrected chi connectivity index (χ4v) is 3.04. The summed E-state index contributed by atoms with van der Waals surface area (Å²) in [6.07, 6.45) is 5.23. The molecule has 0 unspecified atom stereocenters. The van der Waals surface area contributed by atoms with Gasteiger partial charge in [0.1, 0.15) is 18.1 Å². The van der Waals surface area contributed by atoms with Crippen LogP contribution in [0.3, 0.4) is 0 Å². The summed E-state index contributed by atoms with van der Waals surface area (Å²) in [4.78, 5) is 0. The Bertz CT molecular complexity index is 1150. The van der Waals surface area contributed by atoms with E-state index in [1.54, 1.807) is 0 Å². The maximum Gasteiger partial charge on any atom is 0.161 e. The lowest BCUT2D eigenvalue weighted by molar-refractivity contribution is 0.370. The summed E-state index contributed by atoms with van der Waals surface area (Å²) < 4.78 is 5.44. The largest absolute Gasteiger partial charge is 0.481 e. The highest BCUT2D eigenvalue weighted by Gasteiger charge is 2.11. The fraction of sp³-hybridized carbons (Fsp3) is 0.0435. The van der Waals surface area contributed by atoms with Crippen LogP contribution in [0.5, 0.6) is 5.75 Å². The summed E-state index contributed by atoms with van der Waals surface area (Å²) in [5.41, 5.74) is 2.65. The highest BCUT2D eigenvalue weighted by molar-refractivity contribution is 6.30. The zero-order valence-corrected chi connectivity index (χ0v) is 15.6. The van der Waals surface area contributed by atoms with Crippen LogP contribution in [-0.4, -0.2) is 16.8 Å². The SMILES string of the molecule is C#CCOc1ccc(-c2nnc(Nc3ccc(Cl)cc3)c3ccccc23)cc1. The number of hydrogen-bond acceptors (Lipinski definition) is 4. The predicted molar refractivity (Wildman–Crippen MR) is 114 cm³/mol. The molecule has 0 aliphatic carbocycles. The van der Waals surface area contributed by atoms with Gasteiger partial charge in [0.2, 0.25) is 0 Å². The molecular formula is C23H16ClN3O. The first-order valence-electron chi connectivity index (χ1n) is 8.69. The second kappa shape index (κ2) is 7.99. The van der Waals surface area contributed by atoms with Crippen LogP contribution >= 0.6 is 11.6 Å². The van der Waals surface area contributed by atoms with Crippen molar-refractivity contribution < 1.29 is 4.74 Å². The number of anilines is 2. The smallest absolute Gasteiger partial charge is 0.161 e. The first-order valence-corrected chi connectivity index (χ1v) is 9.07. The minimum absolute atomic E-state index is 0.243. The number of nitrogens with one attached hydrogen (secondary N) is 1. The van der Waals surface area contributed by atoms with Crippen LogP contribution in [0.25, 0.3) is 22.0 Å². The number of aromatic nitrogens is 2. The van der Waals surface area contributed by atoms with E-state index in [9.17, 15) is 0 Å². The molecule has 4 rings (SSSR count). The van der Waals surface area contributed by atoms with Crippen molar-refractivity contribution in [2.24, 2.45) is 0 Å². The van der Waals surface area contributed by atoms with E-state index in [2.05, 4.69) is 21.4 Å². The Morgan fingerprint density at radius 2 is 1.61 bits per heavy atom. The normalized spacial score (nSPS) is 10.4. The molecule has 0 bridgehead atoms. The van der Waals surface area contributed by atoms with Gasteiger partial charge < -0.3 is 10.1 Å². The third-order valence-corrected chi connectivity index (χ3v) is 4.50. The molecule has 1 aromatic heterocycles. The van der Waals surface area contributed by atoms with E-state index in [-0.39, 0.29) is 6.61 Å². The number of rotatable bonds is 5. The summed E-state index contributed by atoms with van der Waals surface area (Å²) >= 11 is 5.96. The molecule has 0 aliphatic heterocycles. The van der Waals surface area contributed by atoms with Gasteiger partial charge in [0.15, 0.2) is 5.82 Å². The zero-order valence-electron chi connectivity index (χ0n) is 14.9. The molecule has 136 valence electrons. The number of hydrogen-bond donors (Lipinski definition) is 1. The molecule has 0 fully saturated rings. The summed E-state index contributed by atoms with van der Waals surface area (Å²) in [6.45, 7) is 0.243. The van der Waals surface area contributed by atoms with Gasteiger partial charge >= 0.3 is 0 Å². The van der Waals surface area contributed by atoms with Crippen molar-refractivity contribution in [3.05, 3.63) is 77.8 Å². The van der Waals surface area contributed by atoms with Gasteiger partial charge in [-0.2, -0.15) is 0 Å². The number of fused-ring (bicyclic) bond motifs is 1. The van der Waals surface area contributed by atoms with Crippen LogP contribution in [-0.2, 0) is 0 Å². The second-order valence-electron chi connectivity index (χ2n) is 6.09. The summed E-state index contributed by atoms with van der Waals surface area (Å²) in [6, 6.07) is 23.2. The Kier molecular flexibility index (Phi) is 5.09. The maximum absolute atomic E-state index is 5.96. The Morgan fingerprint density at radius 1 is 0.893 bits per heavy atom. The second-order valence-corrected chi connectivity index (χ2v) is 6.53. The molecular weight excluding hydrogens is 370 g/mol. The van der Waals surface area contributed by atoms with Gasteiger partial charge in [0.05, 0.1) is 0 Å². The Labute approximate surface area is 168 Å². The van der Waals surface area contributed by atoms with E-state index in [4.69, 9.17) is 22.8 Å². The van der Waals surface area contributed by atoms with Crippen molar-refractivity contribution >= 4 is 33.9 Å². The highest BCUT2D eigenvalue weighted by atomic mass is 35.5. The van der Waals surface area contributed by atoms with Gasteiger partial charge in [0.25, 0.3) is 0 Å². The van der Waals surface area contributed by atoms with E-state index in [0.29, 0.717) is 10.8 Å². The summed E-state index contributed by atoms with van der Waals surface area (Å²) in [5.74, 6) is 3.87. The molecule has 0 atom stereocenters. The van der Waals surface area contributed by atoms with Gasteiger partial charge in [-0.15, -0.1) is 16.6 Å². The molecule has 4 aromatic rings. The van der Waals surface area contributed by atoms with Crippen LogP contribution in [0.1, 0.15) is 0 Å². The van der Waals surface area contributed by atoms with Gasteiger partial charge in [-0.25, -0.2) is 0 Å². The van der Waals surface area contributed by atoms with Gasteiger partial charge in [-0.3, -0.25) is 0 Å². The van der Waals surface area contributed by atoms with Crippen LogP contribution in [0.4, 0.5) is 11.5 Å². The number of benzene rings is 3. The van der Waals surface area contributed by atoms with Crippen molar-refractivity contribution in [1.29, 1.82) is 0 Å². The summed E-state index contributed by atoms with van der Waals surface area (Å²) in [7, 11) is 0. The topological polar surface area (TPSA) is 47.0 Å². The van der Waals surface area contributed by atoms with E-state index < -0.39 is 0 Å². The average molecular weight is 386 g/mol. The number of nitrogens with zero attached hydrogens (tertiary/aromatic N) is 2. The lowest BCUT2D eigenvalue weighted by atomic mass is 10.0. The zero-order chi connectivity index (χ0) is 19.3. The molecule has 0 saturated carbocycles. The van der Waals surface area contributed by atoms with Crippen molar-refractivity contribution in [3.63, 3.8) is 0 Å². The van der Waals surface area contributed by atoms with Crippen molar-refractivity contribution in [2.75, 3.05) is 11.9 Å². The molecule has 0 spiro atoms. The van der Waals surface area contributed by atoms with Gasteiger partial charge in [-0.1, -0.05) is 41.8 Å². The van der Waals surface area contributed by atoms with E-state index in [1.165, 1.54) is 0 Å². The fourth-order valence-electron chi connectivity index (χ4n) is 2.91. The van der Waals surface area contributed by atoms with Crippen LogP contribution in [0.2, 0.25) is 5.02 Å². The van der Waals surface area contributed by atoms with Crippen LogP contribution in [0, 0.1) is 12.3 Å². The Hall–Kier alpha value is -3.55. The molecule has 0 aliphatic rings. The maximum atomic E-state index is 5.96. The minimum Gasteiger partial charge on any atom is -0.481 e. The number of halogens is 1. The highest BCUT2D eigenvalue weighted by Crippen LogP contribution is 2.32. The number of ether oxygens (including phenoxy) is 1. The minimum atomic E-state index is 0.243. The molecule has 0 saturated heterocycles. The molecule has 3 aromatic carbocycles. The summed E-state index contributed by atoms with van der Waals surface area (Å²) in [5, 5.41) is 14.9. The molecule has 5 heteroatoms. The average Bonchev–Trinajstić information content (AvgIpc) is 2.74. The Morgan fingerprint density at radius 3 is 2.32 bits per heavy atom. The third-order valence-electron chi connectivity index (χ3n) is 4.24. The predicted octanol–water partition coefficient (Wildman–Crippen LogP) is 5.71. The van der Waals surface area contributed by atoms with Crippen LogP contribution in [0.15, 0.2) is 72.8 Å². The van der Waals surface area contributed by atoms with Crippen molar-refractivity contribution in [3.8, 4) is 29.4 Å². The lowest BCUT2D eigenvalue weighted by Gasteiger charge is -2.11. The van der Waals surface area contributed by atoms with Gasteiger partial charge in [0, 0.05) is 27.0 Å². The molecule has 4 nitrogen and oxygen atoms in total. The Balaban J connectivity index is 1.71. The van der Waals surface area contributed by atoms with E-state index in [0.717, 1.165) is 33.5 Å². The standard InChI is InChI=1S/C23H16ClN3O/c1-2-15-28-19-13-7-16(8-14-19)22-20-5-3-4-6-21(20)23(27-26-22)25-18-11-9-17(24)10-12-18/h1,3-14H,15H2,(H,25,27). The van der Waals surface area contributed by atoms with Crippen molar-refractivity contribution in [2.45, 2.75) is 0 Å². The first kappa shape index (κ1) is 17.8. The molecule has 0 amide bonds. The van der Waals surface area contributed by atoms with Gasteiger partial charge in [-0.05, 0) is 48.5 Å². The quantitative estimate of drug-likeness (QED) is 0.447. The van der Waals surface area contributed by atoms with Crippen molar-refractivity contribution in [1.82, 2.24) is 10.2 Å². The molecule has 28 heavy (non-hydrogen) atoms. The third kappa shape index (κ3) is 3.75. The monoisotopic (exact) mass is 385 g/mol. The van der Waals surface area contributed by atoms with E-state index in [1.807, 2.05) is 72.8 Å². The molecule has 0 radical (unpaired) electrons. The van der Waals surface area contributed by atoms with E-state index >= 15 is 0 Å².